The van der Waals surface area contributed by atoms with Crippen molar-refractivity contribution < 1.29 is 41.7 Å². The second-order valence-electron chi connectivity index (χ2n) is 9.46. The number of hydrogen-bond acceptors (Lipinski definition) is 10. The van der Waals surface area contributed by atoms with Crippen molar-refractivity contribution in [2.75, 3.05) is 37.8 Å². The van der Waals surface area contributed by atoms with Crippen molar-refractivity contribution in [1.29, 1.82) is 0 Å². The van der Waals surface area contributed by atoms with Crippen LogP contribution in [0.25, 0.3) is 0 Å². The summed E-state index contributed by atoms with van der Waals surface area (Å²) in [5.41, 5.74) is 1.58. The lowest BCUT2D eigenvalue weighted by Gasteiger charge is -2.53. The molecule has 3 aliphatic rings. The van der Waals surface area contributed by atoms with Crippen molar-refractivity contribution in [2.24, 2.45) is 0 Å². The number of aromatic nitrogens is 2. The van der Waals surface area contributed by atoms with Crippen LogP contribution in [0.3, 0.4) is 0 Å². The maximum absolute atomic E-state index is 12.5. The van der Waals surface area contributed by atoms with Gasteiger partial charge in [0.25, 0.3) is 0 Å². The van der Waals surface area contributed by atoms with Gasteiger partial charge in [0, 0.05) is 49.2 Å². The number of morpholine rings is 1. The molecule has 0 aromatic carbocycles. The van der Waals surface area contributed by atoms with E-state index in [-0.39, 0.29) is 24.9 Å². The largest absolute Gasteiger partial charge is 0.491 e. The Balaban J connectivity index is 1.36. The molecule has 13 heteroatoms. The quantitative estimate of drug-likeness (QED) is 0.345. The van der Waals surface area contributed by atoms with Gasteiger partial charge in [-0.15, -0.1) is 0 Å². The fourth-order valence-corrected chi connectivity index (χ4v) is 4.64. The van der Waals surface area contributed by atoms with Gasteiger partial charge in [0.1, 0.15) is 23.4 Å². The Hall–Kier alpha value is -3.73. The van der Waals surface area contributed by atoms with Crippen LogP contribution < -0.4 is 15.0 Å². The molecule has 5 rings (SSSR count). The third-order valence-electron chi connectivity index (χ3n) is 6.88. The molecule has 0 saturated carbocycles. The number of ether oxygens (including phenoxy) is 4. The fourth-order valence-electron chi connectivity index (χ4n) is 4.64. The normalized spacial score (nSPS) is 23.9. The zero-order valence-corrected chi connectivity index (χ0v) is 20.9. The number of nitrogens with zero attached hydrogens (tertiary/aromatic N) is 3. The number of anilines is 1. The summed E-state index contributed by atoms with van der Waals surface area (Å²) >= 11 is 0. The molecule has 5 heterocycles. The van der Waals surface area contributed by atoms with Crippen LogP contribution in [0.1, 0.15) is 24.5 Å². The van der Waals surface area contributed by atoms with Crippen molar-refractivity contribution in [1.82, 2.24) is 15.3 Å². The zero-order chi connectivity index (χ0) is 27.6. The number of esters is 2. The van der Waals surface area contributed by atoms with Crippen LogP contribution in [0.5, 0.6) is 5.88 Å². The highest BCUT2D eigenvalue weighted by Gasteiger charge is 2.50. The SMILES string of the molecule is C[C@@H]1N(c2cc(C#Cc3cccnc3)cnc2O[C@@H]2CN[C@H](C(=O)OC(=O)C(F)(F)F)C2)CCOC12COC2. The van der Waals surface area contributed by atoms with Crippen molar-refractivity contribution >= 4 is 17.6 Å². The number of carbonyl (C=O) groups is 2. The average Bonchev–Trinajstić information content (AvgIpc) is 3.36. The molecule has 0 amide bonds. The monoisotopic (exact) mass is 546 g/mol. The summed E-state index contributed by atoms with van der Waals surface area (Å²) in [5.74, 6) is 2.55. The zero-order valence-electron chi connectivity index (χ0n) is 20.9. The molecule has 10 nitrogen and oxygen atoms in total. The first-order valence-electron chi connectivity index (χ1n) is 12.3. The minimum Gasteiger partial charge on any atom is -0.471 e. The van der Waals surface area contributed by atoms with Gasteiger partial charge < -0.3 is 29.2 Å². The molecule has 1 spiro atoms. The molecule has 206 valence electrons. The van der Waals surface area contributed by atoms with E-state index in [1.54, 1.807) is 24.7 Å². The van der Waals surface area contributed by atoms with Crippen LogP contribution in [0, 0.1) is 11.8 Å². The van der Waals surface area contributed by atoms with Crippen LogP contribution in [-0.4, -0.2) is 84.8 Å². The molecule has 0 unspecified atom stereocenters. The number of pyridine rings is 2. The van der Waals surface area contributed by atoms with Crippen molar-refractivity contribution in [3.8, 4) is 17.7 Å². The van der Waals surface area contributed by atoms with Crippen molar-refractivity contribution in [3.05, 3.63) is 47.9 Å². The minimum absolute atomic E-state index is 0.00982. The molecule has 3 atom stereocenters. The van der Waals surface area contributed by atoms with E-state index in [0.29, 0.717) is 37.6 Å². The maximum atomic E-state index is 12.5. The van der Waals surface area contributed by atoms with Gasteiger partial charge >= 0.3 is 18.1 Å². The highest BCUT2D eigenvalue weighted by molar-refractivity contribution is 5.91. The summed E-state index contributed by atoms with van der Waals surface area (Å²) < 4.78 is 59.0. The molecular formula is C26H25F3N4O6. The van der Waals surface area contributed by atoms with E-state index in [9.17, 15) is 22.8 Å². The molecule has 2 aromatic rings. The van der Waals surface area contributed by atoms with E-state index in [2.05, 4.69) is 36.8 Å². The van der Waals surface area contributed by atoms with Gasteiger partial charge in [-0.2, -0.15) is 13.2 Å². The molecule has 0 radical (unpaired) electrons. The fraction of sp³-hybridized carbons (Fsp3) is 0.462. The number of hydrogen-bond donors (Lipinski definition) is 1. The summed E-state index contributed by atoms with van der Waals surface area (Å²) in [6.07, 6.45) is -1.01. The molecule has 2 aromatic heterocycles. The van der Waals surface area contributed by atoms with E-state index < -0.39 is 35.9 Å². The standard InChI is InChI=1S/C26H25F3N4O6/c1-16-25(14-36-15-25)37-8-7-33(16)21-9-18(5-4-17-3-2-6-30-11-17)12-32-22(21)38-19-10-20(31-13-19)23(34)39-24(35)26(27,28)29/h2-3,6,9,11-12,16,19-20,31H,7-8,10,13-15H2,1H3/t16-,19-,20-/m0/s1. The molecule has 3 aliphatic heterocycles. The van der Waals surface area contributed by atoms with Gasteiger partial charge in [-0.1, -0.05) is 11.8 Å². The van der Waals surface area contributed by atoms with Crippen LogP contribution in [0.4, 0.5) is 18.9 Å². The molecule has 3 saturated heterocycles. The Morgan fingerprint density at radius 3 is 2.72 bits per heavy atom. The molecule has 0 bridgehead atoms. The van der Waals surface area contributed by atoms with E-state index in [4.69, 9.17) is 14.2 Å². The van der Waals surface area contributed by atoms with Crippen LogP contribution >= 0.6 is 0 Å². The molecule has 3 fully saturated rings. The topological polar surface area (TPSA) is 112 Å². The van der Waals surface area contributed by atoms with Gasteiger partial charge in [-0.25, -0.2) is 14.6 Å². The third-order valence-corrected chi connectivity index (χ3v) is 6.88. The summed E-state index contributed by atoms with van der Waals surface area (Å²) in [6, 6.07) is 4.28. The third kappa shape index (κ3) is 5.83. The van der Waals surface area contributed by atoms with Crippen LogP contribution in [-0.2, 0) is 23.8 Å². The second kappa shape index (κ2) is 10.8. The predicted molar refractivity (Wildman–Crippen MR) is 129 cm³/mol. The number of alkyl halides is 3. The predicted octanol–water partition coefficient (Wildman–Crippen LogP) is 1.61. The number of nitrogens with one attached hydrogen (secondary N) is 1. The van der Waals surface area contributed by atoms with E-state index in [0.717, 1.165) is 5.56 Å². The Bertz CT molecular complexity index is 1290. The van der Waals surface area contributed by atoms with Gasteiger partial charge in [0.05, 0.1) is 25.9 Å². The number of rotatable bonds is 4. The van der Waals surface area contributed by atoms with Gasteiger partial charge in [0.2, 0.25) is 5.88 Å². The Morgan fingerprint density at radius 2 is 2.03 bits per heavy atom. The van der Waals surface area contributed by atoms with E-state index in [1.165, 1.54) is 0 Å². The van der Waals surface area contributed by atoms with Crippen LogP contribution in [0.2, 0.25) is 0 Å². The lowest BCUT2D eigenvalue weighted by atomic mass is 9.90. The van der Waals surface area contributed by atoms with Crippen molar-refractivity contribution in [2.45, 2.75) is 43.3 Å². The highest BCUT2D eigenvalue weighted by Crippen LogP contribution is 2.38. The summed E-state index contributed by atoms with van der Waals surface area (Å²) in [7, 11) is 0. The lowest BCUT2D eigenvalue weighted by molar-refractivity contribution is -0.228. The van der Waals surface area contributed by atoms with E-state index in [1.807, 2.05) is 19.1 Å². The minimum atomic E-state index is -5.26. The molecule has 39 heavy (non-hydrogen) atoms. The lowest BCUT2D eigenvalue weighted by Crippen LogP contribution is -2.68. The molecule has 1 N–H and O–H groups in total. The first-order chi connectivity index (χ1) is 18.6. The molecular weight excluding hydrogens is 521 g/mol. The van der Waals surface area contributed by atoms with Gasteiger partial charge in [0.15, 0.2) is 0 Å². The highest BCUT2D eigenvalue weighted by atomic mass is 19.4. The Morgan fingerprint density at radius 1 is 1.23 bits per heavy atom. The van der Waals surface area contributed by atoms with Crippen molar-refractivity contribution in [3.63, 3.8) is 0 Å². The van der Waals surface area contributed by atoms with Gasteiger partial charge in [-0.05, 0) is 25.1 Å². The molecule has 0 aliphatic carbocycles. The Labute approximate surface area is 221 Å². The summed E-state index contributed by atoms with van der Waals surface area (Å²) in [4.78, 5) is 33.8. The second-order valence-corrected chi connectivity index (χ2v) is 9.46. The van der Waals surface area contributed by atoms with Crippen LogP contribution in [0.15, 0.2) is 36.8 Å². The first kappa shape index (κ1) is 26.9. The van der Waals surface area contributed by atoms with E-state index >= 15 is 0 Å². The maximum Gasteiger partial charge on any atom is 0.491 e. The number of halogens is 3. The summed E-state index contributed by atoms with van der Waals surface area (Å²) in [6.45, 7) is 4.10. The number of carbonyl (C=O) groups excluding carboxylic acids is 2. The first-order valence-corrected chi connectivity index (χ1v) is 12.3. The smallest absolute Gasteiger partial charge is 0.471 e. The summed E-state index contributed by atoms with van der Waals surface area (Å²) in [5, 5.41) is 2.75. The Kier molecular flexibility index (Phi) is 7.44. The average molecular weight is 547 g/mol. The van der Waals surface area contributed by atoms with Gasteiger partial charge in [-0.3, -0.25) is 4.98 Å².